The third-order valence-electron chi connectivity index (χ3n) is 3.81. The van der Waals surface area contributed by atoms with Gasteiger partial charge in [-0.05, 0) is 34.9 Å². The van der Waals surface area contributed by atoms with E-state index in [9.17, 15) is 4.39 Å². The molecule has 3 aromatic rings. The number of aryl methyl sites for hydroxylation is 1. The monoisotopic (exact) mass is 280 g/mol. The molecule has 0 spiro atoms. The van der Waals surface area contributed by atoms with Gasteiger partial charge in [-0.3, -0.25) is 5.84 Å². The molecule has 0 aliphatic heterocycles. The summed E-state index contributed by atoms with van der Waals surface area (Å²) >= 11 is 0. The number of nitrogens with two attached hydrogens (primary N) is 1. The maximum atomic E-state index is 14.3. The highest BCUT2D eigenvalue weighted by atomic mass is 19.1. The van der Waals surface area contributed by atoms with Crippen LogP contribution in [0.2, 0.25) is 0 Å². The molecule has 106 valence electrons. The fourth-order valence-electron chi connectivity index (χ4n) is 2.65. The van der Waals surface area contributed by atoms with E-state index in [-0.39, 0.29) is 11.9 Å². The Labute approximate surface area is 123 Å². The summed E-state index contributed by atoms with van der Waals surface area (Å²) in [6, 6.07) is 19.1. The standard InChI is InChI=1S/C18H17FN2/c1-12-5-4-8-16(17(12)19)18(21-20)15-10-9-13-6-2-3-7-14(13)11-15/h2-11,18,21H,20H2,1H3. The van der Waals surface area contributed by atoms with E-state index in [4.69, 9.17) is 5.84 Å². The molecule has 0 aliphatic carbocycles. The van der Waals surface area contributed by atoms with Gasteiger partial charge in [0, 0.05) is 5.56 Å². The molecule has 0 heterocycles. The Balaban J connectivity index is 2.11. The molecule has 3 aromatic carbocycles. The molecular formula is C18H17FN2. The minimum atomic E-state index is -0.366. The highest BCUT2D eigenvalue weighted by Crippen LogP contribution is 2.27. The minimum absolute atomic E-state index is 0.214. The number of benzene rings is 3. The number of halogens is 1. The first kappa shape index (κ1) is 13.7. The van der Waals surface area contributed by atoms with E-state index in [1.54, 1.807) is 19.1 Å². The Morgan fingerprint density at radius 3 is 2.48 bits per heavy atom. The third kappa shape index (κ3) is 2.53. The zero-order valence-electron chi connectivity index (χ0n) is 11.8. The van der Waals surface area contributed by atoms with Crippen LogP contribution in [0.4, 0.5) is 4.39 Å². The van der Waals surface area contributed by atoms with Gasteiger partial charge >= 0.3 is 0 Å². The van der Waals surface area contributed by atoms with Gasteiger partial charge in [-0.15, -0.1) is 0 Å². The van der Waals surface area contributed by atoms with Gasteiger partial charge in [0.25, 0.3) is 0 Å². The molecule has 2 nitrogen and oxygen atoms in total. The van der Waals surface area contributed by atoms with Crippen molar-refractivity contribution >= 4 is 10.8 Å². The zero-order chi connectivity index (χ0) is 14.8. The normalized spacial score (nSPS) is 12.5. The lowest BCUT2D eigenvalue weighted by Gasteiger charge is -2.19. The summed E-state index contributed by atoms with van der Waals surface area (Å²) in [6.45, 7) is 1.76. The van der Waals surface area contributed by atoms with Crippen LogP contribution in [0.5, 0.6) is 0 Å². The molecule has 0 saturated heterocycles. The van der Waals surface area contributed by atoms with E-state index in [0.29, 0.717) is 11.1 Å². The quantitative estimate of drug-likeness (QED) is 0.565. The van der Waals surface area contributed by atoms with Crippen molar-refractivity contribution in [3.63, 3.8) is 0 Å². The van der Waals surface area contributed by atoms with E-state index in [2.05, 4.69) is 11.5 Å². The average Bonchev–Trinajstić information content (AvgIpc) is 2.52. The summed E-state index contributed by atoms with van der Waals surface area (Å²) in [5, 5.41) is 2.27. The van der Waals surface area contributed by atoms with Gasteiger partial charge in [0.1, 0.15) is 5.82 Å². The molecule has 0 bridgehead atoms. The lowest BCUT2D eigenvalue weighted by atomic mass is 9.95. The molecule has 3 rings (SSSR count). The Morgan fingerprint density at radius 1 is 0.952 bits per heavy atom. The van der Waals surface area contributed by atoms with E-state index in [1.807, 2.05) is 42.5 Å². The number of hydrogen-bond donors (Lipinski definition) is 2. The minimum Gasteiger partial charge on any atom is -0.271 e. The van der Waals surface area contributed by atoms with Crippen LogP contribution in [0.25, 0.3) is 10.8 Å². The number of fused-ring (bicyclic) bond motifs is 1. The van der Waals surface area contributed by atoms with Crippen LogP contribution in [0.1, 0.15) is 22.7 Å². The molecular weight excluding hydrogens is 263 g/mol. The Bertz CT molecular complexity index is 783. The van der Waals surface area contributed by atoms with E-state index in [1.165, 1.54) is 0 Å². The van der Waals surface area contributed by atoms with Gasteiger partial charge in [0.15, 0.2) is 0 Å². The maximum absolute atomic E-state index is 14.3. The average molecular weight is 280 g/mol. The van der Waals surface area contributed by atoms with E-state index < -0.39 is 0 Å². The first-order valence-corrected chi connectivity index (χ1v) is 6.90. The molecule has 3 heteroatoms. The van der Waals surface area contributed by atoms with Crippen LogP contribution in [-0.2, 0) is 0 Å². The van der Waals surface area contributed by atoms with Crippen LogP contribution < -0.4 is 11.3 Å². The summed E-state index contributed by atoms with van der Waals surface area (Å²) in [7, 11) is 0. The lowest BCUT2D eigenvalue weighted by molar-refractivity contribution is 0.555. The Hall–Kier alpha value is -2.23. The van der Waals surface area contributed by atoms with Crippen LogP contribution in [0.15, 0.2) is 60.7 Å². The topological polar surface area (TPSA) is 38.0 Å². The second-order valence-corrected chi connectivity index (χ2v) is 5.18. The maximum Gasteiger partial charge on any atom is 0.131 e. The molecule has 0 saturated carbocycles. The van der Waals surface area contributed by atoms with Crippen LogP contribution in [0, 0.1) is 12.7 Å². The molecule has 3 N–H and O–H groups in total. The van der Waals surface area contributed by atoms with Gasteiger partial charge in [0.05, 0.1) is 6.04 Å². The predicted molar refractivity (Wildman–Crippen MR) is 84.3 cm³/mol. The Morgan fingerprint density at radius 2 is 1.71 bits per heavy atom. The zero-order valence-corrected chi connectivity index (χ0v) is 11.8. The number of rotatable bonds is 3. The van der Waals surface area contributed by atoms with Crippen molar-refractivity contribution in [1.29, 1.82) is 0 Å². The molecule has 0 fully saturated rings. The number of hydrogen-bond acceptors (Lipinski definition) is 2. The molecule has 0 aliphatic rings. The van der Waals surface area contributed by atoms with Crippen molar-refractivity contribution in [2.45, 2.75) is 13.0 Å². The summed E-state index contributed by atoms with van der Waals surface area (Å²) < 4.78 is 14.3. The fraction of sp³-hybridized carbons (Fsp3) is 0.111. The summed E-state index contributed by atoms with van der Waals surface area (Å²) in [4.78, 5) is 0. The molecule has 0 aromatic heterocycles. The summed E-state index contributed by atoms with van der Waals surface area (Å²) in [5.74, 6) is 5.47. The highest BCUT2D eigenvalue weighted by molar-refractivity contribution is 5.83. The van der Waals surface area contributed by atoms with E-state index in [0.717, 1.165) is 16.3 Å². The molecule has 21 heavy (non-hydrogen) atoms. The Kier molecular flexibility index (Phi) is 3.69. The summed E-state index contributed by atoms with van der Waals surface area (Å²) in [6.07, 6.45) is 0. The summed E-state index contributed by atoms with van der Waals surface area (Å²) in [5.41, 5.74) is 4.85. The second kappa shape index (κ2) is 5.64. The van der Waals surface area contributed by atoms with Crippen molar-refractivity contribution in [2.75, 3.05) is 0 Å². The first-order valence-electron chi connectivity index (χ1n) is 6.90. The van der Waals surface area contributed by atoms with Gasteiger partial charge in [-0.25, -0.2) is 9.82 Å². The largest absolute Gasteiger partial charge is 0.271 e. The van der Waals surface area contributed by atoms with Crippen molar-refractivity contribution in [3.8, 4) is 0 Å². The predicted octanol–water partition coefficient (Wildman–Crippen LogP) is 3.84. The number of hydrazine groups is 1. The molecule has 1 atom stereocenters. The highest BCUT2D eigenvalue weighted by Gasteiger charge is 2.17. The third-order valence-corrected chi connectivity index (χ3v) is 3.81. The molecule has 0 radical (unpaired) electrons. The van der Waals surface area contributed by atoms with Crippen molar-refractivity contribution in [1.82, 2.24) is 5.43 Å². The van der Waals surface area contributed by atoms with Crippen LogP contribution in [0.3, 0.4) is 0 Å². The second-order valence-electron chi connectivity index (χ2n) is 5.18. The van der Waals surface area contributed by atoms with Gasteiger partial charge in [-0.1, -0.05) is 54.6 Å². The van der Waals surface area contributed by atoms with Crippen molar-refractivity contribution in [3.05, 3.63) is 83.2 Å². The van der Waals surface area contributed by atoms with E-state index >= 15 is 0 Å². The lowest BCUT2D eigenvalue weighted by Crippen LogP contribution is -2.29. The van der Waals surface area contributed by atoms with Gasteiger partial charge in [0.2, 0.25) is 0 Å². The number of nitrogens with one attached hydrogen (secondary N) is 1. The fourth-order valence-corrected chi connectivity index (χ4v) is 2.65. The van der Waals surface area contributed by atoms with Crippen molar-refractivity contribution in [2.24, 2.45) is 5.84 Å². The smallest absolute Gasteiger partial charge is 0.131 e. The van der Waals surface area contributed by atoms with Crippen LogP contribution >= 0.6 is 0 Å². The molecule has 0 amide bonds. The molecule has 1 unspecified atom stereocenters. The SMILES string of the molecule is Cc1cccc(C(NN)c2ccc3ccccc3c2)c1F. The van der Waals surface area contributed by atoms with Gasteiger partial charge in [-0.2, -0.15) is 0 Å². The van der Waals surface area contributed by atoms with Crippen LogP contribution in [-0.4, -0.2) is 0 Å². The first-order chi connectivity index (χ1) is 10.2. The van der Waals surface area contributed by atoms with Crippen molar-refractivity contribution < 1.29 is 4.39 Å². The van der Waals surface area contributed by atoms with Gasteiger partial charge < -0.3 is 0 Å².